The van der Waals surface area contributed by atoms with Crippen LogP contribution in [0, 0.1) is 13.8 Å². The van der Waals surface area contributed by atoms with Gasteiger partial charge in [-0.25, -0.2) is 4.79 Å². The van der Waals surface area contributed by atoms with Gasteiger partial charge in [-0.15, -0.1) is 0 Å². The van der Waals surface area contributed by atoms with Gasteiger partial charge in [0.2, 0.25) is 5.76 Å². The molecule has 2 N–H and O–H groups in total. The highest BCUT2D eigenvalue weighted by Gasteiger charge is 2.18. The lowest BCUT2D eigenvalue weighted by Crippen LogP contribution is -1.93. The van der Waals surface area contributed by atoms with Crippen molar-refractivity contribution in [1.82, 2.24) is 5.16 Å². The number of nitrogens with zero attached hydrogens (tertiary/aromatic N) is 1. The maximum Gasteiger partial charge on any atom is 0.374 e. The average Bonchev–Trinajstić information content (AvgIpc) is 2.86. The van der Waals surface area contributed by atoms with Crippen molar-refractivity contribution in [2.45, 2.75) is 13.8 Å². The molecule has 0 atom stereocenters. The summed E-state index contributed by atoms with van der Waals surface area (Å²) in [5, 5.41) is 22.6. The van der Waals surface area contributed by atoms with Crippen LogP contribution < -0.4 is 4.74 Å². The lowest BCUT2D eigenvalue weighted by atomic mass is 10.0. The smallest absolute Gasteiger partial charge is 0.374 e. The Hall–Kier alpha value is -2.50. The highest BCUT2D eigenvalue weighted by Crippen LogP contribution is 2.38. The van der Waals surface area contributed by atoms with Gasteiger partial charge < -0.3 is 19.5 Å². The quantitative estimate of drug-likeness (QED) is 0.883. The summed E-state index contributed by atoms with van der Waals surface area (Å²) in [5.41, 5.74) is 2.08. The van der Waals surface area contributed by atoms with Crippen LogP contribution in [0.15, 0.2) is 16.7 Å². The van der Waals surface area contributed by atoms with Crippen molar-refractivity contribution >= 4 is 5.97 Å². The molecule has 1 aromatic heterocycles. The number of hydrogen-bond acceptors (Lipinski definition) is 5. The summed E-state index contributed by atoms with van der Waals surface area (Å²) in [5.74, 6) is -0.880. The molecule has 0 saturated carbocycles. The van der Waals surface area contributed by atoms with E-state index < -0.39 is 5.97 Å². The van der Waals surface area contributed by atoms with Crippen molar-refractivity contribution < 1.29 is 24.3 Å². The normalized spacial score (nSPS) is 10.5. The number of rotatable bonds is 3. The lowest BCUT2D eigenvalue weighted by Gasteiger charge is -2.12. The monoisotopic (exact) mass is 263 g/mol. The van der Waals surface area contributed by atoms with Crippen molar-refractivity contribution in [3.63, 3.8) is 0 Å². The molecule has 2 rings (SSSR count). The number of aromatic carboxylic acids is 1. The summed E-state index contributed by atoms with van der Waals surface area (Å²) < 4.78 is 9.89. The fourth-order valence-corrected chi connectivity index (χ4v) is 1.78. The van der Waals surface area contributed by atoms with Gasteiger partial charge in [-0.3, -0.25) is 0 Å². The van der Waals surface area contributed by atoms with E-state index in [2.05, 4.69) is 9.68 Å². The summed E-state index contributed by atoms with van der Waals surface area (Å²) in [6.07, 6.45) is 0. The zero-order valence-corrected chi connectivity index (χ0v) is 10.7. The number of aromatic hydroxyl groups is 1. The van der Waals surface area contributed by atoms with Gasteiger partial charge >= 0.3 is 5.97 Å². The van der Waals surface area contributed by atoms with Crippen LogP contribution in [0.25, 0.3) is 11.3 Å². The molecule has 0 aliphatic rings. The van der Waals surface area contributed by atoms with Crippen molar-refractivity contribution in [1.29, 1.82) is 0 Å². The Morgan fingerprint density at radius 2 is 2.00 bits per heavy atom. The number of ether oxygens (including phenoxy) is 1. The molecule has 0 unspecified atom stereocenters. The molecule has 0 amide bonds. The van der Waals surface area contributed by atoms with Gasteiger partial charge in [-0.2, -0.15) is 0 Å². The van der Waals surface area contributed by atoms with E-state index in [1.807, 2.05) is 6.92 Å². The van der Waals surface area contributed by atoms with E-state index in [4.69, 9.17) is 9.84 Å². The zero-order valence-electron chi connectivity index (χ0n) is 10.7. The first kappa shape index (κ1) is 12.9. The number of methoxy groups -OCH3 is 1. The SMILES string of the molecule is COc1cc(-c2cc(C(=O)O)on2)c(O)c(C)c1C. The Labute approximate surface area is 109 Å². The predicted molar refractivity (Wildman–Crippen MR) is 66.6 cm³/mol. The number of carbonyl (C=O) groups is 1. The van der Waals surface area contributed by atoms with Gasteiger partial charge in [0.15, 0.2) is 0 Å². The second-order valence-electron chi connectivity index (χ2n) is 4.11. The van der Waals surface area contributed by atoms with E-state index in [1.54, 1.807) is 13.0 Å². The topological polar surface area (TPSA) is 92.8 Å². The Bertz CT molecular complexity index is 645. The molecule has 0 radical (unpaired) electrons. The average molecular weight is 263 g/mol. The molecular weight excluding hydrogens is 250 g/mol. The van der Waals surface area contributed by atoms with E-state index in [9.17, 15) is 9.90 Å². The van der Waals surface area contributed by atoms with Crippen LogP contribution in [0.2, 0.25) is 0 Å². The minimum Gasteiger partial charge on any atom is -0.507 e. The molecular formula is C13H13NO5. The summed E-state index contributed by atoms with van der Waals surface area (Å²) in [7, 11) is 1.52. The highest BCUT2D eigenvalue weighted by atomic mass is 16.5. The van der Waals surface area contributed by atoms with Crippen molar-refractivity contribution in [2.75, 3.05) is 7.11 Å². The number of aromatic nitrogens is 1. The second-order valence-corrected chi connectivity index (χ2v) is 4.11. The van der Waals surface area contributed by atoms with Crippen LogP contribution >= 0.6 is 0 Å². The molecule has 0 aliphatic carbocycles. The van der Waals surface area contributed by atoms with Gasteiger partial charge in [0.25, 0.3) is 0 Å². The van der Waals surface area contributed by atoms with Crippen LogP contribution in [0.1, 0.15) is 21.7 Å². The number of benzene rings is 1. The van der Waals surface area contributed by atoms with E-state index in [-0.39, 0.29) is 17.2 Å². The van der Waals surface area contributed by atoms with Crippen LogP contribution in [0.4, 0.5) is 0 Å². The van der Waals surface area contributed by atoms with E-state index in [0.717, 1.165) is 5.56 Å². The Balaban J connectivity index is 2.61. The molecule has 0 bridgehead atoms. The Morgan fingerprint density at radius 1 is 1.32 bits per heavy atom. The minimum absolute atomic E-state index is 0.0311. The molecule has 1 heterocycles. The van der Waals surface area contributed by atoms with Crippen LogP contribution in [-0.2, 0) is 0 Å². The van der Waals surface area contributed by atoms with Gasteiger partial charge in [0.05, 0.1) is 7.11 Å². The number of carboxylic acid groups (broad SMARTS) is 1. The molecule has 2 aromatic rings. The van der Waals surface area contributed by atoms with Gasteiger partial charge in [0.1, 0.15) is 17.2 Å². The summed E-state index contributed by atoms with van der Waals surface area (Å²) >= 11 is 0. The molecule has 19 heavy (non-hydrogen) atoms. The van der Waals surface area contributed by atoms with E-state index in [0.29, 0.717) is 16.9 Å². The van der Waals surface area contributed by atoms with E-state index >= 15 is 0 Å². The van der Waals surface area contributed by atoms with E-state index in [1.165, 1.54) is 13.2 Å². The maximum atomic E-state index is 10.8. The molecule has 6 nitrogen and oxygen atoms in total. The van der Waals surface area contributed by atoms with Crippen molar-refractivity contribution in [3.8, 4) is 22.8 Å². The lowest BCUT2D eigenvalue weighted by molar-refractivity contribution is 0.0652. The Morgan fingerprint density at radius 3 is 2.53 bits per heavy atom. The van der Waals surface area contributed by atoms with Gasteiger partial charge in [-0.05, 0) is 31.0 Å². The second kappa shape index (κ2) is 4.64. The minimum atomic E-state index is -1.21. The Kier molecular flexibility index (Phi) is 3.16. The summed E-state index contributed by atoms with van der Waals surface area (Å²) in [6.45, 7) is 3.57. The first-order valence-corrected chi connectivity index (χ1v) is 5.53. The fraction of sp³-hybridized carbons (Fsp3) is 0.231. The molecule has 0 fully saturated rings. The standard InChI is InChI=1S/C13H13NO5/c1-6-7(2)12(15)8(4-10(6)18-3)9-5-11(13(16)17)19-14-9/h4-5,15H,1-3H3,(H,16,17). The molecule has 6 heteroatoms. The third-order valence-electron chi connectivity index (χ3n) is 3.03. The molecule has 1 aromatic carbocycles. The number of carboxylic acids is 1. The largest absolute Gasteiger partial charge is 0.507 e. The number of phenols is 1. The van der Waals surface area contributed by atoms with Crippen LogP contribution in [-0.4, -0.2) is 28.4 Å². The first-order valence-electron chi connectivity index (χ1n) is 5.53. The highest BCUT2D eigenvalue weighted by molar-refractivity contribution is 5.86. The maximum absolute atomic E-state index is 10.8. The molecule has 0 aliphatic heterocycles. The van der Waals surface area contributed by atoms with Gasteiger partial charge in [0, 0.05) is 11.6 Å². The molecule has 100 valence electrons. The first-order chi connectivity index (χ1) is 8.95. The predicted octanol–water partition coefficient (Wildman–Crippen LogP) is 2.37. The molecule has 0 saturated heterocycles. The van der Waals surface area contributed by atoms with Crippen molar-refractivity contribution in [2.24, 2.45) is 0 Å². The summed E-state index contributed by atoms with van der Waals surface area (Å²) in [4.78, 5) is 10.8. The molecule has 0 spiro atoms. The fourth-order valence-electron chi connectivity index (χ4n) is 1.78. The third kappa shape index (κ3) is 2.12. The summed E-state index contributed by atoms with van der Waals surface area (Å²) in [6, 6.07) is 2.85. The number of hydrogen-bond donors (Lipinski definition) is 2. The third-order valence-corrected chi connectivity index (χ3v) is 3.03. The zero-order chi connectivity index (χ0) is 14.2. The van der Waals surface area contributed by atoms with Gasteiger partial charge in [-0.1, -0.05) is 5.16 Å². The van der Waals surface area contributed by atoms with Crippen LogP contribution in [0.3, 0.4) is 0 Å². The van der Waals surface area contributed by atoms with Crippen molar-refractivity contribution in [3.05, 3.63) is 29.0 Å². The number of phenolic OH excluding ortho intramolecular Hbond substituents is 1. The van der Waals surface area contributed by atoms with Crippen LogP contribution in [0.5, 0.6) is 11.5 Å².